The molecule has 0 fully saturated rings. The number of carbonyl (C=O) groups excluding carboxylic acids is 1. The van der Waals surface area contributed by atoms with Crippen molar-refractivity contribution in [2.24, 2.45) is 0 Å². The van der Waals surface area contributed by atoms with Crippen LogP contribution in [-0.2, 0) is 17.8 Å². The highest BCUT2D eigenvalue weighted by atomic mass is 16.6. The number of ether oxygens (including phenoxy) is 2. The minimum atomic E-state index is 0.0122. The van der Waals surface area contributed by atoms with Crippen LogP contribution in [0.25, 0.3) is 0 Å². The molecule has 0 spiro atoms. The van der Waals surface area contributed by atoms with Crippen LogP contribution in [0.3, 0.4) is 0 Å². The summed E-state index contributed by atoms with van der Waals surface area (Å²) in [5.74, 6) is 1.67. The minimum absolute atomic E-state index is 0.0122. The number of carbonyl (C=O) groups is 1. The second kappa shape index (κ2) is 6.67. The zero-order chi connectivity index (χ0) is 17.2. The van der Waals surface area contributed by atoms with Crippen molar-refractivity contribution in [1.29, 1.82) is 0 Å². The van der Waals surface area contributed by atoms with E-state index in [0.717, 1.165) is 36.6 Å². The summed E-state index contributed by atoms with van der Waals surface area (Å²) in [7, 11) is 0. The molecule has 0 radical (unpaired) electrons. The Bertz CT molecular complexity index is 790. The number of benzene rings is 2. The molecule has 1 atom stereocenters. The maximum absolute atomic E-state index is 11.5. The topological polar surface area (TPSA) is 50.8 Å². The van der Waals surface area contributed by atoms with Crippen LogP contribution in [0.2, 0.25) is 0 Å². The highest BCUT2D eigenvalue weighted by molar-refractivity contribution is 5.73. The van der Waals surface area contributed by atoms with Crippen molar-refractivity contribution in [3.63, 3.8) is 0 Å². The van der Waals surface area contributed by atoms with Gasteiger partial charge in [0.1, 0.15) is 13.2 Å². The normalized spacial score (nSPS) is 18.4. The fourth-order valence-electron chi connectivity index (χ4n) is 3.68. The lowest BCUT2D eigenvalue weighted by molar-refractivity contribution is -0.119. The van der Waals surface area contributed by atoms with E-state index in [9.17, 15) is 4.79 Å². The van der Waals surface area contributed by atoms with E-state index in [1.807, 2.05) is 12.1 Å². The van der Waals surface area contributed by atoms with Gasteiger partial charge in [-0.1, -0.05) is 30.3 Å². The average molecular weight is 338 g/mol. The van der Waals surface area contributed by atoms with Crippen LogP contribution in [0.5, 0.6) is 11.5 Å². The number of nitrogens with one attached hydrogen (secondary N) is 1. The molecule has 2 aliphatic heterocycles. The molecule has 5 nitrogen and oxygen atoms in total. The van der Waals surface area contributed by atoms with Gasteiger partial charge in [0.05, 0.1) is 6.04 Å². The van der Waals surface area contributed by atoms with E-state index in [-0.39, 0.29) is 11.9 Å². The van der Waals surface area contributed by atoms with Gasteiger partial charge in [-0.15, -0.1) is 0 Å². The van der Waals surface area contributed by atoms with Gasteiger partial charge in [0.2, 0.25) is 5.91 Å². The molecule has 0 bridgehead atoms. The lowest BCUT2D eigenvalue weighted by Gasteiger charge is -2.37. The molecule has 0 aromatic heterocycles. The standard InChI is InChI=1S/C20H22N2O3/c1-14(23)21-17-11-15-5-2-3-7-18(15)22(13-17)12-16-6-4-8-19-20(16)25-10-9-24-19/h2-8,17H,9-13H2,1H3,(H,21,23). The van der Waals surface area contributed by atoms with Gasteiger partial charge < -0.3 is 19.7 Å². The summed E-state index contributed by atoms with van der Waals surface area (Å²) in [6, 6.07) is 14.5. The van der Waals surface area contributed by atoms with Crippen molar-refractivity contribution in [3.8, 4) is 11.5 Å². The molecule has 0 saturated heterocycles. The number of para-hydroxylation sites is 2. The molecule has 2 aromatic carbocycles. The molecule has 25 heavy (non-hydrogen) atoms. The Morgan fingerprint density at radius 2 is 2.00 bits per heavy atom. The summed E-state index contributed by atoms with van der Waals surface area (Å²) in [6.07, 6.45) is 0.860. The number of anilines is 1. The summed E-state index contributed by atoms with van der Waals surface area (Å²) in [6.45, 7) is 4.24. The van der Waals surface area contributed by atoms with Gasteiger partial charge in [0, 0.05) is 31.3 Å². The van der Waals surface area contributed by atoms with Crippen LogP contribution < -0.4 is 19.7 Å². The number of fused-ring (bicyclic) bond motifs is 2. The molecule has 2 aromatic rings. The number of nitrogens with zero attached hydrogens (tertiary/aromatic N) is 1. The fourth-order valence-corrected chi connectivity index (χ4v) is 3.68. The zero-order valence-electron chi connectivity index (χ0n) is 14.3. The first-order chi connectivity index (χ1) is 12.2. The van der Waals surface area contributed by atoms with Gasteiger partial charge in [-0.05, 0) is 24.1 Å². The van der Waals surface area contributed by atoms with Gasteiger partial charge in [-0.25, -0.2) is 0 Å². The molecule has 0 aliphatic carbocycles. The van der Waals surface area contributed by atoms with E-state index < -0.39 is 0 Å². The molecule has 1 N–H and O–H groups in total. The summed E-state index contributed by atoms with van der Waals surface area (Å²) in [5.41, 5.74) is 3.59. The van der Waals surface area contributed by atoms with E-state index in [0.29, 0.717) is 13.2 Å². The molecule has 5 heteroatoms. The average Bonchev–Trinajstić information content (AvgIpc) is 2.61. The monoisotopic (exact) mass is 338 g/mol. The van der Waals surface area contributed by atoms with Crippen molar-refractivity contribution < 1.29 is 14.3 Å². The third kappa shape index (κ3) is 3.27. The molecule has 1 amide bonds. The lowest BCUT2D eigenvalue weighted by Crippen LogP contribution is -2.47. The molecule has 130 valence electrons. The Labute approximate surface area is 147 Å². The SMILES string of the molecule is CC(=O)NC1Cc2ccccc2N(Cc2cccc3c2OCCO3)C1. The first-order valence-electron chi connectivity index (χ1n) is 8.68. The van der Waals surface area contributed by atoms with Crippen LogP contribution in [0.1, 0.15) is 18.1 Å². The quantitative estimate of drug-likeness (QED) is 0.934. The molecular weight excluding hydrogens is 316 g/mol. The van der Waals surface area contributed by atoms with Crippen LogP contribution in [-0.4, -0.2) is 31.7 Å². The Morgan fingerprint density at radius 3 is 2.88 bits per heavy atom. The van der Waals surface area contributed by atoms with Crippen molar-refractivity contribution in [3.05, 3.63) is 53.6 Å². The molecule has 1 unspecified atom stereocenters. The van der Waals surface area contributed by atoms with E-state index in [2.05, 4.69) is 40.5 Å². The van der Waals surface area contributed by atoms with E-state index >= 15 is 0 Å². The predicted octanol–water partition coefficient (Wildman–Crippen LogP) is 2.53. The second-order valence-corrected chi connectivity index (χ2v) is 6.55. The smallest absolute Gasteiger partial charge is 0.217 e. The molecular formula is C20H22N2O3. The van der Waals surface area contributed by atoms with E-state index in [1.54, 1.807) is 6.92 Å². The number of hydrogen-bond donors (Lipinski definition) is 1. The maximum atomic E-state index is 11.5. The van der Waals surface area contributed by atoms with E-state index in [1.165, 1.54) is 11.3 Å². The number of rotatable bonds is 3. The zero-order valence-corrected chi connectivity index (χ0v) is 14.3. The summed E-state index contributed by atoms with van der Waals surface area (Å²) in [5, 5.41) is 3.06. The molecule has 2 aliphatic rings. The lowest BCUT2D eigenvalue weighted by atomic mass is 9.97. The Morgan fingerprint density at radius 1 is 1.16 bits per heavy atom. The van der Waals surface area contributed by atoms with Gasteiger partial charge in [0.25, 0.3) is 0 Å². The van der Waals surface area contributed by atoms with E-state index in [4.69, 9.17) is 9.47 Å². The molecule has 2 heterocycles. The summed E-state index contributed by atoms with van der Waals surface area (Å²) < 4.78 is 11.6. The first-order valence-corrected chi connectivity index (χ1v) is 8.68. The largest absolute Gasteiger partial charge is 0.486 e. The van der Waals surface area contributed by atoms with Crippen molar-refractivity contribution in [2.75, 3.05) is 24.7 Å². The maximum Gasteiger partial charge on any atom is 0.217 e. The van der Waals surface area contributed by atoms with Crippen LogP contribution in [0, 0.1) is 0 Å². The Hall–Kier alpha value is -2.69. The number of amides is 1. The van der Waals surface area contributed by atoms with Gasteiger partial charge in [-0.3, -0.25) is 4.79 Å². The van der Waals surface area contributed by atoms with Crippen LogP contribution in [0.15, 0.2) is 42.5 Å². The van der Waals surface area contributed by atoms with Crippen LogP contribution >= 0.6 is 0 Å². The highest BCUT2D eigenvalue weighted by Gasteiger charge is 2.26. The second-order valence-electron chi connectivity index (χ2n) is 6.55. The van der Waals surface area contributed by atoms with Crippen LogP contribution in [0.4, 0.5) is 5.69 Å². The third-order valence-corrected chi connectivity index (χ3v) is 4.66. The molecule has 0 saturated carbocycles. The van der Waals surface area contributed by atoms with Crippen molar-refractivity contribution in [2.45, 2.75) is 25.9 Å². The predicted molar refractivity (Wildman–Crippen MR) is 96.2 cm³/mol. The van der Waals surface area contributed by atoms with Gasteiger partial charge in [0.15, 0.2) is 11.5 Å². The highest BCUT2D eigenvalue weighted by Crippen LogP contribution is 2.36. The summed E-state index contributed by atoms with van der Waals surface area (Å²) >= 11 is 0. The van der Waals surface area contributed by atoms with Crippen molar-refractivity contribution in [1.82, 2.24) is 5.32 Å². The Kier molecular flexibility index (Phi) is 4.22. The first kappa shape index (κ1) is 15.8. The third-order valence-electron chi connectivity index (χ3n) is 4.66. The summed E-state index contributed by atoms with van der Waals surface area (Å²) in [4.78, 5) is 13.8. The number of hydrogen-bond acceptors (Lipinski definition) is 4. The van der Waals surface area contributed by atoms with Gasteiger partial charge in [-0.2, -0.15) is 0 Å². The van der Waals surface area contributed by atoms with Crippen molar-refractivity contribution >= 4 is 11.6 Å². The molecule has 4 rings (SSSR count). The van der Waals surface area contributed by atoms with Gasteiger partial charge >= 0.3 is 0 Å². The Balaban J connectivity index is 1.64. The fraction of sp³-hybridized carbons (Fsp3) is 0.350. The minimum Gasteiger partial charge on any atom is -0.486 e.